The van der Waals surface area contributed by atoms with Crippen LogP contribution in [0.3, 0.4) is 0 Å². The predicted octanol–water partition coefficient (Wildman–Crippen LogP) is 1.33. The normalized spacial score (nSPS) is 12.1. The summed E-state index contributed by atoms with van der Waals surface area (Å²) < 4.78 is 0. The Kier molecular flexibility index (Phi) is 4.19. The van der Waals surface area contributed by atoms with Crippen molar-refractivity contribution in [2.75, 3.05) is 0 Å². The molecule has 86 valence electrons. The van der Waals surface area contributed by atoms with Crippen molar-refractivity contribution in [3.05, 3.63) is 35.4 Å². The lowest BCUT2D eigenvalue weighted by Gasteiger charge is -2.11. The first-order valence-corrected chi connectivity index (χ1v) is 4.96. The van der Waals surface area contributed by atoms with Gasteiger partial charge in [0.2, 0.25) is 0 Å². The first kappa shape index (κ1) is 12.4. The van der Waals surface area contributed by atoms with Gasteiger partial charge in [0.15, 0.2) is 0 Å². The van der Waals surface area contributed by atoms with Crippen molar-refractivity contribution in [2.45, 2.75) is 25.9 Å². The van der Waals surface area contributed by atoms with E-state index < -0.39 is 11.9 Å². The maximum absolute atomic E-state index is 11.3. The fraction of sp³-hybridized carbons (Fsp3) is 0.333. The number of aliphatic hydroxyl groups is 1. The highest BCUT2D eigenvalue weighted by Crippen LogP contribution is 2.21. The number of carboxylic acid groups (broad SMARTS) is 1. The number of hydrogen-bond donors (Lipinski definition) is 2. The summed E-state index contributed by atoms with van der Waals surface area (Å²) in [6.45, 7) is 1.32. The van der Waals surface area contributed by atoms with Crippen molar-refractivity contribution < 1.29 is 19.8 Å². The summed E-state index contributed by atoms with van der Waals surface area (Å²) in [7, 11) is 0. The number of carbonyl (C=O) groups is 2. The highest BCUT2D eigenvalue weighted by Gasteiger charge is 2.19. The number of aliphatic carboxylic acids is 1. The van der Waals surface area contributed by atoms with Gasteiger partial charge in [0.1, 0.15) is 5.78 Å². The molecule has 1 atom stereocenters. The number of aliphatic hydroxyl groups excluding tert-OH is 1. The monoisotopic (exact) mass is 222 g/mol. The van der Waals surface area contributed by atoms with Gasteiger partial charge in [0, 0.05) is 0 Å². The second-order valence-corrected chi connectivity index (χ2v) is 3.66. The number of Topliss-reactive ketones (excluding diaryl/α,β-unsaturated/α-hetero) is 1. The zero-order valence-electron chi connectivity index (χ0n) is 9.01. The molecular weight excluding hydrogens is 208 g/mol. The minimum Gasteiger partial charge on any atom is -0.481 e. The van der Waals surface area contributed by atoms with Gasteiger partial charge in [-0.1, -0.05) is 24.3 Å². The van der Waals surface area contributed by atoms with Crippen molar-refractivity contribution in [1.82, 2.24) is 0 Å². The van der Waals surface area contributed by atoms with E-state index in [1.165, 1.54) is 6.92 Å². The van der Waals surface area contributed by atoms with E-state index in [1.807, 2.05) is 0 Å². The molecule has 0 aliphatic rings. The van der Waals surface area contributed by atoms with Gasteiger partial charge in [-0.25, -0.2) is 0 Å². The molecule has 0 radical (unpaired) electrons. The molecule has 4 nitrogen and oxygen atoms in total. The molecule has 0 bridgehead atoms. The molecule has 0 saturated carbocycles. The highest BCUT2D eigenvalue weighted by atomic mass is 16.4. The Bertz CT molecular complexity index is 381. The maximum Gasteiger partial charge on any atom is 0.304 e. The molecule has 0 aliphatic heterocycles. The minimum absolute atomic E-state index is 0.0655. The first-order chi connectivity index (χ1) is 7.54. The van der Waals surface area contributed by atoms with Gasteiger partial charge in [0.05, 0.1) is 18.9 Å². The van der Waals surface area contributed by atoms with E-state index in [0.29, 0.717) is 5.56 Å². The van der Waals surface area contributed by atoms with Crippen LogP contribution in [-0.4, -0.2) is 22.0 Å². The summed E-state index contributed by atoms with van der Waals surface area (Å²) in [4.78, 5) is 21.9. The quantitative estimate of drug-likeness (QED) is 0.788. The van der Waals surface area contributed by atoms with Crippen molar-refractivity contribution in [3.63, 3.8) is 0 Å². The molecule has 0 fully saturated rings. The molecule has 0 aromatic heterocycles. The molecule has 1 aromatic rings. The zero-order valence-corrected chi connectivity index (χ0v) is 9.01. The largest absolute Gasteiger partial charge is 0.481 e. The van der Waals surface area contributed by atoms with Crippen molar-refractivity contribution in [1.29, 1.82) is 0 Å². The summed E-state index contributed by atoms with van der Waals surface area (Å²) in [5, 5.41) is 17.6. The summed E-state index contributed by atoms with van der Waals surface area (Å²) in [6.07, 6.45) is -0.201. The van der Waals surface area contributed by atoms with Crippen LogP contribution in [0, 0.1) is 0 Å². The molecule has 1 rings (SSSR count). The molecule has 1 unspecified atom stereocenters. The van der Waals surface area contributed by atoms with Crippen molar-refractivity contribution in [2.24, 2.45) is 0 Å². The Morgan fingerprint density at radius 1 is 1.25 bits per heavy atom. The zero-order chi connectivity index (χ0) is 12.1. The van der Waals surface area contributed by atoms with Gasteiger partial charge in [-0.2, -0.15) is 0 Å². The average molecular weight is 222 g/mol. The van der Waals surface area contributed by atoms with Crippen LogP contribution in [0.15, 0.2) is 24.3 Å². The number of hydrogen-bond acceptors (Lipinski definition) is 3. The molecule has 4 heteroatoms. The van der Waals surface area contributed by atoms with E-state index in [9.17, 15) is 9.59 Å². The molecule has 1 aromatic carbocycles. The number of ketones is 1. The standard InChI is InChI=1S/C12H14O4/c1-8(14)11(6-12(15)16)10-4-2-9(7-13)3-5-10/h2-5,11,13H,6-7H2,1H3,(H,15,16). The number of rotatable bonds is 5. The van der Waals surface area contributed by atoms with E-state index in [1.54, 1.807) is 24.3 Å². The Labute approximate surface area is 93.5 Å². The van der Waals surface area contributed by atoms with Gasteiger partial charge in [-0.15, -0.1) is 0 Å². The van der Waals surface area contributed by atoms with Crippen molar-refractivity contribution in [3.8, 4) is 0 Å². The predicted molar refractivity (Wildman–Crippen MR) is 58.0 cm³/mol. The average Bonchev–Trinajstić information content (AvgIpc) is 2.25. The molecule has 0 spiro atoms. The van der Waals surface area contributed by atoms with Gasteiger partial charge in [-0.05, 0) is 18.1 Å². The van der Waals surface area contributed by atoms with Crippen LogP contribution >= 0.6 is 0 Å². The molecule has 16 heavy (non-hydrogen) atoms. The molecular formula is C12H14O4. The molecule has 0 saturated heterocycles. The highest BCUT2D eigenvalue weighted by molar-refractivity contribution is 5.87. The maximum atomic E-state index is 11.3. The minimum atomic E-state index is -0.994. The van der Waals surface area contributed by atoms with E-state index in [2.05, 4.69) is 0 Å². The number of benzene rings is 1. The van der Waals surface area contributed by atoms with E-state index >= 15 is 0 Å². The van der Waals surface area contributed by atoms with Crippen LogP contribution in [0.25, 0.3) is 0 Å². The summed E-state index contributed by atoms with van der Waals surface area (Å²) in [5.41, 5.74) is 1.41. The number of carbonyl (C=O) groups excluding carboxylic acids is 1. The molecule has 0 aliphatic carbocycles. The lowest BCUT2D eigenvalue weighted by Crippen LogP contribution is -2.13. The number of carboxylic acids is 1. The summed E-state index contributed by atoms with van der Waals surface area (Å²) >= 11 is 0. The van der Waals surface area contributed by atoms with Crippen LogP contribution < -0.4 is 0 Å². The van der Waals surface area contributed by atoms with Gasteiger partial charge in [-0.3, -0.25) is 9.59 Å². The fourth-order valence-corrected chi connectivity index (χ4v) is 1.53. The summed E-state index contributed by atoms with van der Waals surface area (Å²) in [5.74, 6) is -1.77. The van der Waals surface area contributed by atoms with Crippen LogP contribution in [0.5, 0.6) is 0 Å². The second kappa shape index (κ2) is 5.42. The lowest BCUT2D eigenvalue weighted by molar-refractivity contribution is -0.139. The Balaban J connectivity index is 2.92. The smallest absolute Gasteiger partial charge is 0.304 e. The summed E-state index contributed by atoms with van der Waals surface area (Å²) in [6, 6.07) is 6.74. The van der Waals surface area contributed by atoms with Crippen LogP contribution in [0.2, 0.25) is 0 Å². The topological polar surface area (TPSA) is 74.6 Å². The lowest BCUT2D eigenvalue weighted by atomic mass is 9.92. The third kappa shape index (κ3) is 3.17. The van der Waals surface area contributed by atoms with E-state index in [4.69, 9.17) is 10.2 Å². The third-order valence-corrected chi connectivity index (χ3v) is 2.43. The van der Waals surface area contributed by atoms with Crippen molar-refractivity contribution >= 4 is 11.8 Å². The SMILES string of the molecule is CC(=O)C(CC(=O)O)c1ccc(CO)cc1. The van der Waals surface area contributed by atoms with Crippen LogP contribution in [0.4, 0.5) is 0 Å². The van der Waals surface area contributed by atoms with Crippen LogP contribution in [-0.2, 0) is 16.2 Å². The van der Waals surface area contributed by atoms with Gasteiger partial charge >= 0.3 is 5.97 Å². The van der Waals surface area contributed by atoms with E-state index in [-0.39, 0.29) is 18.8 Å². The van der Waals surface area contributed by atoms with Gasteiger partial charge in [0.25, 0.3) is 0 Å². The first-order valence-electron chi connectivity index (χ1n) is 4.96. The molecule has 2 N–H and O–H groups in total. The van der Waals surface area contributed by atoms with E-state index in [0.717, 1.165) is 5.56 Å². The second-order valence-electron chi connectivity index (χ2n) is 3.66. The Morgan fingerprint density at radius 2 is 1.81 bits per heavy atom. The Morgan fingerprint density at radius 3 is 2.19 bits per heavy atom. The third-order valence-electron chi connectivity index (χ3n) is 2.43. The van der Waals surface area contributed by atoms with Crippen LogP contribution in [0.1, 0.15) is 30.4 Å². The van der Waals surface area contributed by atoms with Gasteiger partial charge < -0.3 is 10.2 Å². The molecule has 0 heterocycles. The fourth-order valence-electron chi connectivity index (χ4n) is 1.53. The Hall–Kier alpha value is -1.68. The molecule has 0 amide bonds.